The summed E-state index contributed by atoms with van der Waals surface area (Å²) in [4.78, 5) is 45.7. The Labute approximate surface area is 204 Å². The van der Waals surface area contributed by atoms with Crippen molar-refractivity contribution < 1.29 is 24.2 Å². The van der Waals surface area contributed by atoms with E-state index in [1.807, 2.05) is 25.9 Å². The van der Waals surface area contributed by atoms with Gasteiger partial charge in [-0.2, -0.15) is 0 Å². The van der Waals surface area contributed by atoms with Gasteiger partial charge in [-0.25, -0.2) is 0 Å². The third-order valence-corrected chi connectivity index (χ3v) is 6.33. The molecule has 35 heavy (non-hydrogen) atoms. The summed E-state index contributed by atoms with van der Waals surface area (Å²) in [6.07, 6.45) is 1.59. The summed E-state index contributed by atoms with van der Waals surface area (Å²) in [6.45, 7) is 6.84. The van der Waals surface area contributed by atoms with Crippen molar-refractivity contribution in [2.75, 3.05) is 45.2 Å². The maximum atomic E-state index is 14.2. The predicted octanol–water partition coefficient (Wildman–Crippen LogP) is 2.76. The number of fused-ring (bicyclic) bond motifs is 2. The number of rotatable bonds is 8. The van der Waals surface area contributed by atoms with Gasteiger partial charge in [-0.05, 0) is 51.4 Å². The molecular weight excluding hydrogens is 446 g/mol. The number of nitrogens with zero attached hydrogens (tertiary/aromatic N) is 3. The second-order valence-corrected chi connectivity index (χ2v) is 8.70. The molecule has 1 unspecified atom stereocenters. The zero-order valence-corrected chi connectivity index (χ0v) is 20.2. The van der Waals surface area contributed by atoms with E-state index in [1.165, 1.54) is 9.80 Å². The number of para-hydroxylation sites is 1. The van der Waals surface area contributed by atoms with Crippen molar-refractivity contribution in [2.45, 2.75) is 12.5 Å². The molecule has 2 amide bonds. The summed E-state index contributed by atoms with van der Waals surface area (Å²) in [5, 5.41) is 11.4. The number of aliphatic hydroxyl groups excluding tert-OH is 1. The van der Waals surface area contributed by atoms with Gasteiger partial charge in [0.25, 0.3) is 17.6 Å². The lowest BCUT2D eigenvalue weighted by Gasteiger charge is -2.35. The zero-order valence-electron chi connectivity index (χ0n) is 20.2. The molecule has 2 aromatic rings. The minimum Gasteiger partial charge on any atom is -0.507 e. The van der Waals surface area contributed by atoms with Crippen molar-refractivity contribution in [1.29, 1.82) is 0 Å². The van der Waals surface area contributed by atoms with Crippen molar-refractivity contribution in [2.24, 2.45) is 0 Å². The van der Waals surface area contributed by atoms with Gasteiger partial charge in [0.1, 0.15) is 11.5 Å². The van der Waals surface area contributed by atoms with Crippen LogP contribution in [0.1, 0.15) is 18.1 Å². The van der Waals surface area contributed by atoms with Crippen LogP contribution in [0, 0.1) is 0 Å². The van der Waals surface area contributed by atoms with E-state index >= 15 is 0 Å². The second kappa shape index (κ2) is 9.38. The molecule has 8 heteroatoms. The van der Waals surface area contributed by atoms with E-state index < -0.39 is 28.9 Å². The molecule has 2 aromatic carbocycles. The van der Waals surface area contributed by atoms with E-state index in [9.17, 15) is 19.5 Å². The summed E-state index contributed by atoms with van der Waals surface area (Å²) in [5.41, 5.74) is -0.628. The van der Waals surface area contributed by atoms with E-state index in [0.717, 1.165) is 0 Å². The minimum absolute atomic E-state index is 0.125. The lowest BCUT2D eigenvalue weighted by Crippen LogP contribution is -2.53. The smallest absolute Gasteiger partial charge is 0.296 e. The van der Waals surface area contributed by atoms with Crippen LogP contribution in [-0.4, -0.2) is 72.8 Å². The summed E-state index contributed by atoms with van der Waals surface area (Å²) in [5.74, 6) is -1.97. The molecule has 1 spiro atoms. The van der Waals surface area contributed by atoms with E-state index in [2.05, 4.69) is 6.58 Å². The number of hydrogen-bond donors (Lipinski definition) is 1. The number of ketones is 1. The molecule has 1 fully saturated rings. The third kappa shape index (κ3) is 3.70. The Morgan fingerprint density at radius 1 is 1.11 bits per heavy atom. The largest absolute Gasteiger partial charge is 0.507 e. The molecule has 1 N–H and O–H groups in total. The van der Waals surface area contributed by atoms with E-state index in [0.29, 0.717) is 35.7 Å². The fourth-order valence-electron chi connectivity index (χ4n) is 4.80. The Morgan fingerprint density at radius 2 is 1.80 bits per heavy atom. The summed E-state index contributed by atoms with van der Waals surface area (Å²) >= 11 is 0. The highest BCUT2D eigenvalue weighted by molar-refractivity contribution is 6.50. The number of likely N-dealkylation sites (tertiary alicyclic amines) is 1. The molecule has 2 aliphatic heterocycles. The fraction of sp³-hybridized carbons (Fsp3) is 0.296. The number of hydrogen-bond acceptors (Lipinski definition) is 6. The highest BCUT2D eigenvalue weighted by atomic mass is 16.5. The maximum absolute atomic E-state index is 14.2. The number of ether oxygens (including phenoxy) is 1. The molecule has 0 radical (unpaired) electrons. The third-order valence-electron chi connectivity index (χ3n) is 6.33. The Hall–Kier alpha value is -3.91. The van der Waals surface area contributed by atoms with Crippen LogP contribution in [0.15, 0.2) is 66.8 Å². The first-order valence-electron chi connectivity index (χ1n) is 11.5. The Balaban J connectivity index is 1.99. The van der Waals surface area contributed by atoms with Crippen molar-refractivity contribution in [3.05, 3.63) is 77.9 Å². The number of amides is 2. The number of carbonyl (C=O) groups is 3. The molecule has 0 aliphatic carbocycles. The number of Topliss-reactive ketones (excluding diaryl/α,β-unsaturated/α-hetero) is 1. The van der Waals surface area contributed by atoms with Crippen molar-refractivity contribution >= 4 is 29.0 Å². The Morgan fingerprint density at radius 3 is 2.43 bits per heavy atom. The first kappa shape index (κ1) is 24.2. The van der Waals surface area contributed by atoms with Crippen LogP contribution in [0.5, 0.6) is 5.75 Å². The van der Waals surface area contributed by atoms with E-state index in [4.69, 9.17) is 4.74 Å². The lowest BCUT2D eigenvalue weighted by atomic mass is 9.82. The number of anilines is 1. The molecule has 1 saturated heterocycles. The van der Waals surface area contributed by atoms with E-state index in [-0.39, 0.29) is 18.7 Å². The highest BCUT2D eigenvalue weighted by Gasteiger charge is 2.66. The molecular formula is C27H29N3O5. The van der Waals surface area contributed by atoms with Gasteiger partial charge in [0, 0.05) is 30.8 Å². The molecule has 0 bridgehead atoms. The average Bonchev–Trinajstić information content (AvgIpc) is 3.22. The monoisotopic (exact) mass is 475 g/mol. The van der Waals surface area contributed by atoms with Crippen molar-refractivity contribution in [3.8, 4) is 5.75 Å². The first-order chi connectivity index (χ1) is 16.8. The predicted molar refractivity (Wildman–Crippen MR) is 133 cm³/mol. The number of aliphatic hydroxyl groups is 1. The molecule has 182 valence electrons. The van der Waals surface area contributed by atoms with Crippen LogP contribution < -0.4 is 9.64 Å². The average molecular weight is 476 g/mol. The van der Waals surface area contributed by atoms with Gasteiger partial charge in [-0.3, -0.25) is 14.4 Å². The molecule has 8 nitrogen and oxygen atoms in total. The lowest BCUT2D eigenvalue weighted by molar-refractivity contribution is -0.143. The molecule has 0 saturated carbocycles. The summed E-state index contributed by atoms with van der Waals surface area (Å²) in [7, 11) is 3.69. The Kier molecular flexibility index (Phi) is 6.49. The van der Waals surface area contributed by atoms with Crippen LogP contribution in [0.3, 0.4) is 0 Å². The van der Waals surface area contributed by atoms with Crippen LogP contribution in [0.2, 0.25) is 0 Å². The zero-order chi connectivity index (χ0) is 25.3. The van der Waals surface area contributed by atoms with Crippen LogP contribution in [-0.2, 0) is 19.9 Å². The standard InChI is InChI=1S/C27H29N3O5/c1-5-15-29-21-10-8-7-9-20(21)27(26(29)34)22(24(32)25(33)30(27)17-16-28(3)4)23(31)18-11-13-19(14-12-18)35-6-2/h5,7-14,31H,1,6,15-17H2,2-4H3/b23-22+. The minimum atomic E-state index is -1.77. The highest BCUT2D eigenvalue weighted by Crippen LogP contribution is 2.53. The van der Waals surface area contributed by atoms with Gasteiger partial charge in [0.05, 0.1) is 17.9 Å². The van der Waals surface area contributed by atoms with Crippen molar-refractivity contribution in [1.82, 2.24) is 9.80 Å². The summed E-state index contributed by atoms with van der Waals surface area (Å²) in [6, 6.07) is 13.6. The molecule has 0 aromatic heterocycles. The number of benzene rings is 2. The Bertz CT molecular complexity index is 1220. The quantitative estimate of drug-likeness (QED) is 0.273. The first-order valence-corrected chi connectivity index (χ1v) is 11.5. The van der Waals surface area contributed by atoms with Gasteiger partial charge in [-0.15, -0.1) is 6.58 Å². The molecule has 2 heterocycles. The van der Waals surface area contributed by atoms with E-state index in [1.54, 1.807) is 54.6 Å². The van der Waals surface area contributed by atoms with Crippen molar-refractivity contribution in [3.63, 3.8) is 0 Å². The number of carbonyl (C=O) groups excluding carboxylic acids is 3. The second-order valence-electron chi connectivity index (χ2n) is 8.70. The van der Waals surface area contributed by atoms with Crippen LogP contribution >= 0.6 is 0 Å². The van der Waals surface area contributed by atoms with Gasteiger partial charge in [-0.1, -0.05) is 24.3 Å². The molecule has 2 aliphatic rings. The van der Waals surface area contributed by atoms with Gasteiger partial charge in [0.15, 0.2) is 5.54 Å². The van der Waals surface area contributed by atoms with Crippen LogP contribution in [0.4, 0.5) is 5.69 Å². The van der Waals surface area contributed by atoms with Gasteiger partial charge in [0.2, 0.25) is 0 Å². The number of likely N-dealkylation sites (N-methyl/N-ethyl adjacent to an activating group) is 1. The van der Waals surface area contributed by atoms with Gasteiger partial charge < -0.3 is 24.5 Å². The maximum Gasteiger partial charge on any atom is 0.296 e. The topological polar surface area (TPSA) is 90.4 Å². The molecule has 4 rings (SSSR count). The summed E-state index contributed by atoms with van der Waals surface area (Å²) < 4.78 is 5.47. The normalized spacial score (nSPS) is 20.7. The fourth-order valence-corrected chi connectivity index (χ4v) is 4.80. The van der Waals surface area contributed by atoms with Crippen LogP contribution in [0.25, 0.3) is 5.76 Å². The van der Waals surface area contributed by atoms with Gasteiger partial charge >= 0.3 is 0 Å². The molecule has 1 atom stereocenters. The SMILES string of the molecule is C=CCN1C(=O)C2(/C(=C(/O)c3ccc(OCC)cc3)C(=O)C(=O)N2CCN(C)C)c2ccccc21.